The van der Waals surface area contributed by atoms with E-state index in [0.717, 1.165) is 38.5 Å². The summed E-state index contributed by atoms with van der Waals surface area (Å²) in [7, 11) is 0. The van der Waals surface area contributed by atoms with Gasteiger partial charge in [0.15, 0.2) is 0 Å². The molecular weight excluding hydrogens is 580 g/mol. The molecule has 2 N–H and O–H groups in total. The Balaban J connectivity index is 1.12. The lowest BCUT2D eigenvalue weighted by Crippen LogP contribution is -2.38. The van der Waals surface area contributed by atoms with Gasteiger partial charge < -0.3 is 19.7 Å². The number of fused-ring (bicyclic) bond motifs is 4. The molecule has 2 aromatic heterocycles. The fourth-order valence-corrected chi connectivity index (χ4v) is 9.17. The molecule has 8 nitrogen and oxygen atoms in total. The highest BCUT2D eigenvalue weighted by Gasteiger charge is 2.64. The molecule has 0 amide bonds. The molecule has 8 unspecified atom stereocenters. The molecule has 0 radical (unpaired) electrons. The van der Waals surface area contributed by atoms with Gasteiger partial charge in [0.1, 0.15) is 24.4 Å². The Labute approximate surface area is 272 Å². The maximum absolute atomic E-state index is 13.1. The van der Waals surface area contributed by atoms with E-state index in [2.05, 4.69) is 64.7 Å². The van der Waals surface area contributed by atoms with Crippen LogP contribution >= 0.6 is 0 Å². The monoisotopic (exact) mass is 628 g/mol. The topological polar surface area (TPSA) is 119 Å². The second-order valence-electron chi connectivity index (χ2n) is 15.8. The van der Waals surface area contributed by atoms with E-state index >= 15 is 0 Å². The van der Waals surface area contributed by atoms with Crippen LogP contribution in [-0.2, 0) is 19.1 Å². The number of aliphatic hydroxyl groups excluding tert-OH is 2. The second kappa shape index (κ2) is 11.1. The zero-order valence-corrected chi connectivity index (χ0v) is 28.0. The Morgan fingerprint density at radius 2 is 1.11 bits per heavy atom. The molecule has 46 heavy (non-hydrogen) atoms. The third kappa shape index (κ3) is 4.86. The van der Waals surface area contributed by atoms with Crippen LogP contribution in [0.3, 0.4) is 0 Å². The summed E-state index contributed by atoms with van der Waals surface area (Å²) < 4.78 is 11.9. The van der Waals surface area contributed by atoms with Gasteiger partial charge in [-0.1, -0.05) is 54.7 Å². The van der Waals surface area contributed by atoms with Crippen molar-refractivity contribution >= 4 is 11.9 Å². The van der Waals surface area contributed by atoms with Gasteiger partial charge in [-0.2, -0.15) is 0 Å². The zero-order valence-electron chi connectivity index (χ0n) is 28.0. The Hall–Kier alpha value is -3.36. The Kier molecular flexibility index (Phi) is 7.88. The van der Waals surface area contributed by atoms with Crippen LogP contribution in [0.1, 0.15) is 103 Å². The second-order valence-corrected chi connectivity index (χ2v) is 15.8. The minimum atomic E-state index is -1.30. The van der Waals surface area contributed by atoms with Gasteiger partial charge in [0.2, 0.25) is 0 Å². The van der Waals surface area contributed by atoms with E-state index in [1.165, 1.54) is 12.4 Å². The lowest BCUT2D eigenvalue weighted by atomic mass is 9.70. The van der Waals surface area contributed by atoms with Gasteiger partial charge in [-0.15, -0.1) is 0 Å². The zero-order chi connectivity index (χ0) is 33.4. The van der Waals surface area contributed by atoms with Gasteiger partial charge in [-0.3, -0.25) is 9.97 Å². The minimum Gasteiger partial charge on any atom is -0.458 e. The number of pyridine rings is 2. The quantitative estimate of drug-likeness (QED) is 0.229. The fraction of sp³-hybridized carbons (Fsp3) is 0.579. The molecule has 246 valence electrons. The molecule has 2 aromatic rings. The number of hydrogen-bond donors (Lipinski definition) is 2. The summed E-state index contributed by atoms with van der Waals surface area (Å²) in [5.41, 5.74) is 1.55. The number of aromatic nitrogens is 2. The van der Waals surface area contributed by atoms with Crippen molar-refractivity contribution in [3.05, 3.63) is 72.1 Å². The van der Waals surface area contributed by atoms with E-state index in [4.69, 9.17) is 9.47 Å². The number of rotatable bonds is 9. The lowest BCUT2D eigenvalue weighted by molar-refractivity contribution is -0.154. The molecule has 4 aliphatic carbocycles. The molecule has 4 bridgehead atoms. The van der Waals surface area contributed by atoms with E-state index in [1.807, 2.05) is 0 Å². The van der Waals surface area contributed by atoms with Crippen LogP contribution in [0.25, 0.3) is 11.4 Å². The summed E-state index contributed by atoms with van der Waals surface area (Å²) in [5.74, 6) is -0.174. The van der Waals surface area contributed by atoms with Crippen LogP contribution in [0.5, 0.6) is 0 Å². The predicted octanol–water partition coefficient (Wildman–Crippen LogP) is 6.84. The molecule has 4 fully saturated rings. The standard InChI is InChI=1S/C38H48N2O6/c1-21(33(43)45-29-19-25-9-13-37(29,7)35(25,3)4)31(41)23-11-15-39-27(17-23)28-18-24(12-16-40-28)32(42)22(2)34(44)46-30-20-26-10-14-38(30,8)36(26,5)6/h11-12,15-18,25-26,29-32,41-42H,1-2,9-10,13-14,19-20H2,3-8H3. The molecular formula is C38H48N2O6. The van der Waals surface area contributed by atoms with E-state index < -0.39 is 24.1 Å². The van der Waals surface area contributed by atoms with Crippen molar-refractivity contribution in [3.8, 4) is 11.4 Å². The highest BCUT2D eigenvalue weighted by Crippen LogP contribution is 2.67. The van der Waals surface area contributed by atoms with Crippen LogP contribution in [0.4, 0.5) is 0 Å². The molecule has 0 spiro atoms. The Morgan fingerprint density at radius 1 is 0.739 bits per heavy atom. The molecule has 2 heterocycles. The lowest BCUT2D eigenvalue weighted by Gasteiger charge is -2.38. The average Bonchev–Trinajstić information content (AvgIpc) is 3.55. The van der Waals surface area contributed by atoms with Crippen LogP contribution in [0, 0.1) is 33.5 Å². The highest BCUT2D eigenvalue weighted by molar-refractivity contribution is 5.90. The van der Waals surface area contributed by atoms with Crippen LogP contribution < -0.4 is 0 Å². The van der Waals surface area contributed by atoms with Crippen LogP contribution in [0.15, 0.2) is 61.0 Å². The summed E-state index contributed by atoms with van der Waals surface area (Å²) in [5, 5.41) is 22.3. The molecule has 4 aliphatic rings. The van der Waals surface area contributed by atoms with Crippen molar-refractivity contribution in [1.29, 1.82) is 0 Å². The molecule has 6 rings (SSSR count). The number of carbonyl (C=O) groups is 2. The maximum Gasteiger partial charge on any atom is 0.336 e. The largest absolute Gasteiger partial charge is 0.458 e. The summed E-state index contributed by atoms with van der Waals surface area (Å²) in [4.78, 5) is 35.1. The number of nitrogens with zero attached hydrogens (tertiary/aromatic N) is 2. The first kappa shape index (κ1) is 32.6. The van der Waals surface area contributed by atoms with Gasteiger partial charge in [0.05, 0.1) is 22.5 Å². The summed E-state index contributed by atoms with van der Waals surface area (Å²) in [6.45, 7) is 21.2. The van der Waals surface area contributed by atoms with Crippen molar-refractivity contribution in [2.24, 2.45) is 33.5 Å². The van der Waals surface area contributed by atoms with E-state index in [1.54, 1.807) is 24.3 Å². The molecule has 0 aliphatic heterocycles. The summed E-state index contributed by atoms with van der Waals surface area (Å²) in [6, 6.07) is 6.49. The van der Waals surface area contributed by atoms with Crippen molar-refractivity contribution in [3.63, 3.8) is 0 Å². The molecule has 0 saturated heterocycles. The normalized spacial score (nSPS) is 33.0. The van der Waals surface area contributed by atoms with Gasteiger partial charge in [0, 0.05) is 23.2 Å². The minimum absolute atomic E-state index is 0.0407. The number of aliphatic hydroxyl groups is 2. The maximum atomic E-state index is 13.1. The van der Waals surface area contributed by atoms with E-state index in [-0.39, 0.29) is 45.0 Å². The highest BCUT2D eigenvalue weighted by atomic mass is 16.6. The first-order chi connectivity index (χ1) is 21.5. The first-order valence-corrected chi connectivity index (χ1v) is 16.6. The number of ether oxygens (including phenoxy) is 2. The molecule has 8 atom stereocenters. The molecule has 0 aromatic carbocycles. The third-order valence-corrected chi connectivity index (χ3v) is 13.6. The Bertz CT molecular complexity index is 1480. The van der Waals surface area contributed by atoms with Crippen LogP contribution in [-0.4, -0.2) is 44.3 Å². The number of esters is 2. The van der Waals surface area contributed by atoms with Gasteiger partial charge >= 0.3 is 11.9 Å². The van der Waals surface area contributed by atoms with Crippen molar-refractivity contribution in [1.82, 2.24) is 9.97 Å². The first-order valence-electron chi connectivity index (χ1n) is 16.6. The van der Waals surface area contributed by atoms with Gasteiger partial charge in [0.25, 0.3) is 0 Å². The SMILES string of the molecule is C=C(C(=O)OC1CC2CCC1(C)C2(C)C)C(O)c1ccnc(-c2cc(C(O)C(=C)C(=O)OC3CC4CCC3(C)C4(C)C)ccn2)c1. The van der Waals surface area contributed by atoms with Gasteiger partial charge in [-0.05, 0) is 96.6 Å². The van der Waals surface area contributed by atoms with Crippen LogP contribution in [0.2, 0.25) is 0 Å². The van der Waals surface area contributed by atoms with E-state index in [0.29, 0.717) is 34.4 Å². The van der Waals surface area contributed by atoms with Crippen molar-refractivity contribution in [2.45, 2.75) is 104 Å². The smallest absolute Gasteiger partial charge is 0.336 e. The third-order valence-electron chi connectivity index (χ3n) is 13.6. The number of hydrogen-bond acceptors (Lipinski definition) is 8. The number of carbonyl (C=O) groups excluding carboxylic acids is 2. The molecule has 8 heteroatoms. The predicted molar refractivity (Wildman–Crippen MR) is 174 cm³/mol. The van der Waals surface area contributed by atoms with E-state index in [9.17, 15) is 19.8 Å². The fourth-order valence-electron chi connectivity index (χ4n) is 9.17. The summed E-state index contributed by atoms with van der Waals surface area (Å²) in [6.07, 6.45) is 5.99. The summed E-state index contributed by atoms with van der Waals surface area (Å²) >= 11 is 0. The van der Waals surface area contributed by atoms with Crippen molar-refractivity contribution < 1.29 is 29.3 Å². The Morgan fingerprint density at radius 3 is 1.41 bits per heavy atom. The average molecular weight is 629 g/mol. The molecule has 4 saturated carbocycles. The van der Waals surface area contributed by atoms with Gasteiger partial charge in [-0.25, -0.2) is 9.59 Å². The van der Waals surface area contributed by atoms with Crippen molar-refractivity contribution in [2.75, 3.05) is 0 Å².